The predicted molar refractivity (Wildman–Crippen MR) is 91.2 cm³/mol. The lowest BCUT2D eigenvalue weighted by Gasteiger charge is -2.39. The number of piperazine rings is 1. The van der Waals surface area contributed by atoms with Crippen LogP contribution in [0.5, 0.6) is 0 Å². The van der Waals surface area contributed by atoms with E-state index in [1.54, 1.807) is 0 Å². The van der Waals surface area contributed by atoms with E-state index in [1.165, 1.54) is 25.7 Å². The summed E-state index contributed by atoms with van der Waals surface area (Å²) in [7, 11) is 0. The Balaban J connectivity index is 1.70. The fourth-order valence-electron chi connectivity index (χ4n) is 3.60. The summed E-state index contributed by atoms with van der Waals surface area (Å²) in [4.78, 5) is 5.02. The van der Waals surface area contributed by atoms with E-state index in [-0.39, 0.29) is 5.84 Å². The molecule has 1 aliphatic carbocycles. The summed E-state index contributed by atoms with van der Waals surface area (Å²) < 4.78 is 0.973. The molecule has 0 radical (unpaired) electrons. The third-order valence-electron chi connectivity index (χ3n) is 4.74. The van der Waals surface area contributed by atoms with Gasteiger partial charge in [-0.05, 0) is 31.0 Å². The highest BCUT2D eigenvalue weighted by Gasteiger charge is 2.27. The smallest absolute Gasteiger partial charge is 0.124 e. The molecule has 0 atom stereocenters. The zero-order chi connectivity index (χ0) is 14.8. The Labute approximate surface area is 134 Å². The summed E-state index contributed by atoms with van der Waals surface area (Å²) in [5, 5.41) is 7.79. The molecule has 0 amide bonds. The van der Waals surface area contributed by atoms with E-state index in [2.05, 4.69) is 31.8 Å². The fourth-order valence-corrected chi connectivity index (χ4v) is 3.96. The molecular formula is C16H23BrN4. The number of hydrogen-bond acceptors (Lipinski definition) is 3. The highest BCUT2D eigenvalue weighted by molar-refractivity contribution is 9.10. The number of anilines is 1. The molecule has 2 fully saturated rings. The van der Waals surface area contributed by atoms with Crippen molar-refractivity contribution < 1.29 is 0 Å². The fraction of sp³-hybridized carbons (Fsp3) is 0.562. The zero-order valence-electron chi connectivity index (χ0n) is 12.3. The zero-order valence-corrected chi connectivity index (χ0v) is 13.9. The lowest BCUT2D eigenvalue weighted by molar-refractivity contribution is 0.187. The molecule has 1 aliphatic heterocycles. The van der Waals surface area contributed by atoms with E-state index in [1.807, 2.05) is 12.1 Å². The molecule has 114 valence electrons. The number of halogens is 1. The third-order valence-corrected chi connectivity index (χ3v) is 5.24. The number of nitrogens with two attached hydrogens (primary N) is 1. The topological polar surface area (TPSA) is 56.4 Å². The van der Waals surface area contributed by atoms with Crippen LogP contribution in [-0.4, -0.2) is 43.0 Å². The van der Waals surface area contributed by atoms with Crippen molar-refractivity contribution in [3.8, 4) is 0 Å². The van der Waals surface area contributed by atoms with Gasteiger partial charge in [-0.1, -0.05) is 28.8 Å². The van der Waals surface area contributed by atoms with Gasteiger partial charge in [0.05, 0.1) is 0 Å². The van der Waals surface area contributed by atoms with Gasteiger partial charge >= 0.3 is 0 Å². The van der Waals surface area contributed by atoms with Crippen molar-refractivity contribution in [1.82, 2.24) is 4.90 Å². The van der Waals surface area contributed by atoms with E-state index in [4.69, 9.17) is 11.1 Å². The first-order valence-corrected chi connectivity index (χ1v) is 8.57. The quantitative estimate of drug-likeness (QED) is 0.650. The second kappa shape index (κ2) is 6.36. The lowest BCUT2D eigenvalue weighted by Crippen LogP contribution is -2.50. The van der Waals surface area contributed by atoms with Crippen molar-refractivity contribution in [3.05, 3.63) is 28.2 Å². The molecule has 0 bridgehead atoms. The van der Waals surface area contributed by atoms with Gasteiger partial charge < -0.3 is 10.6 Å². The van der Waals surface area contributed by atoms with Crippen LogP contribution in [0.3, 0.4) is 0 Å². The molecule has 0 spiro atoms. The number of nitrogens with one attached hydrogen (secondary N) is 1. The van der Waals surface area contributed by atoms with Crippen LogP contribution in [0.25, 0.3) is 0 Å². The monoisotopic (exact) mass is 350 g/mol. The van der Waals surface area contributed by atoms with Crippen LogP contribution >= 0.6 is 15.9 Å². The standard InChI is InChI=1S/C16H23BrN4/c17-12-5-6-15(14(11-12)16(18)19)21-9-7-20(8-10-21)13-3-1-2-4-13/h5-6,11,13H,1-4,7-10H2,(H3,18,19). The van der Waals surface area contributed by atoms with E-state index >= 15 is 0 Å². The summed E-state index contributed by atoms with van der Waals surface area (Å²) in [6.45, 7) is 4.30. The van der Waals surface area contributed by atoms with Crippen molar-refractivity contribution in [1.29, 1.82) is 5.41 Å². The summed E-state index contributed by atoms with van der Waals surface area (Å²) >= 11 is 3.46. The molecule has 1 saturated carbocycles. The van der Waals surface area contributed by atoms with Gasteiger partial charge in [-0.15, -0.1) is 0 Å². The number of rotatable bonds is 3. The maximum Gasteiger partial charge on any atom is 0.124 e. The molecule has 4 nitrogen and oxygen atoms in total. The molecule has 1 aromatic carbocycles. The second-order valence-corrected chi connectivity index (χ2v) is 6.95. The van der Waals surface area contributed by atoms with Crippen LogP contribution < -0.4 is 10.6 Å². The predicted octanol–water partition coefficient (Wildman–Crippen LogP) is 2.80. The van der Waals surface area contributed by atoms with E-state index in [0.717, 1.165) is 47.9 Å². The summed E-state index contributed by atoms with van der Waals surface area (Å²) in [6, 6.07) is 6.86. The third kappa shape index (κ3) is 3.24. The molecule has 3 rings (SSSR count). The Morgan fingerprint density at radius 2 is 1.81 bits per heavy atom. The molecule has 1 aromatic rings. The minimum atomic E-state index is 0.143. The largest absolute Gasteiger partial charge is 0.384 e. The first-order valence-electron chi connectivity index (χ1n) is 7.78. The Morgan fingerprint density at radius 1 is 1.14 bits per heavy atom. The van der Waals surface area contributed by atoms with Gasteiger partial charge in [0.1, 0.15) is 5.84 Å². The number of hydrogen-bond donors (Lipinski definition) is 2. The van der Waals surface area contributed by atoms with Gasteiger partial charge in [0, 0.05) is 47.9 Å². The van der Waals surface area contributed by atoms with Crippen molar-refractivity contribution in [3.63, 3.8) is 0 Å². The molecule has 0 aromatic heterocycles. The minimum absolute atomic E-state index is 0.143. The van der Waals surface area contributed by atoms with Crippen LogP contribution in [0.2, 0.25) is 0 Å². The molecule has 3 N–H and O–H groups in total. The Kier molecular flexibility index (Phi) is 4.50. The first kappa shape index (κ1) is 14.9. The van der Waals surface area contributed by atoms with Crippen LogP contribution in [0.4, 0.5) is 5.69 Å². The van der Waals surface area contributed by atoms with Crippen molar-refractivity contribution >= 4 is 27.5 Å². The van der Waals surface area contributed by atoms with Crippen LogP contribution in [0, 0.1) is 5.41 Å². The van der Waals surface area contributed by atoms with Crippen LogP contribution in [0.15, 0.2) is 22.7 Å². The second-order valence-electron chi connectivity index (χ2n) is 6.04. The van der Waals surface area contributed by atoms with E-state index in [0.29, 0.717) is 0 Å². The summed E-state index contributed by atoms with van der Waals surface area (Å²) in [5.74, 6) is 0.143. The normalized spacial score (nSPS) is 20.9. The highest BCUT2D eigenvalue weighted by Crippen LogP contribution is 2.28. The maximum absolute atomic E-state index is 7.79. The molecule has 1 saturated heterocycles. The maximum atomic E-state index is 7.79. The first-order chi connectivity index (χ1) is 10.1. The van der Waals surface area contributed by atoms with E-state index in [9.17, 15) is 0 Å². The molecule has 2 aliphatic rings. The lowest BCUT2D eigenvalue weighted by atomic mass is 10.1. The molecular weight excluding hydrogens is 328 g/mol. The molecule has 0 unspecified atom stereocenters. The van der Waals surface area contributed by atoms with Gasteiger partial charge in [-0.25, -0.2) is 0 Å². The Bertz CT molecular complexity index is 517. The van der Waals surface area contributed by atoms with Gasteiger partial charge in [0.2, 0.25) is 0 Å². The Hall–Kier alpha value is -1.07. The van der Waals surface area contributed by atoms with Crippen molar-refractivity contribution in [2.45, 2.75) is 31.7 Å². The van der Waals surface area contributed by atoms with Gasteiger partial charge in [-0.3, -0.25) is 10.3 Å². The van der Waals surface area contributed by atoms with Gasteiger partial charge in [0.25, 0.3) is 0 Å². The van der Waals surface area contributed by atoms with Crippen molar-refractivity contribution in [2.75, 3.05) is 31.1 Å². The minimum Gasteiger partial charge on any atom is -0.384 e. The van der Waals surface area contributed by atoms with E-state index < -0.39 is 0 Å². The average Bonchev–Trinajstić information content (AvgIpc) is 3.01. The molecule has 21 heavy (non-hydrogen) atoms. The number of amidine groups is 1. The highest BCUT2D eigenvalue weighted by atomic mass is 79.9. The summed E-state index contributed by atoms with van der Waals surface area (Å²) in [6.07, 6.45) is 5.53. The number of nitrogen functional groups attached to an aromatic ring is 1. The molecule has 1 heterocycles. The van der Waals surface area contributed by atoms with Gasteiger partial charge in [-0.2, -0.15) is 0 Å². The molecule has 5 heteroatoms. The van der Waals surface area contributed by atoms with Crippen molar-refractivity contribution in [2.24, 2.45) is 5.73 Å². The van der Waals surface area contributed by atoms with Crippen LogP contribution in [-0.2, 0) is 0 Å². The van der Waals surface area contributed by atoms with Gasteiger partial charge in [0.15, 0.2) is 0 Å². The Morgan fingerprint density at radius 3 is 2.43 bits per heavy atom. The summed E-state index contributed by atoms with van der Waals surface area (Å²) in [5.41, 5.74) is 7.67. The average molecular weight is 351 g/mol. The number of benzene rings is 1. The number of nitrogens with zero attached hydrogens (tertiary/aromatic N) is 2. The van der Waals surface area contributed by atoms with Crippen LogP contribution in [0.1, 0.15) is 31.2 Å². The SMILES string of the molecule is N=C(N)c1cc(Br)ccc1N1CCN(C2CCCC2)CC1.